The summed E-state index contributed by atoms with van der Waals surface area (Å²) >= 11 is 0. The van der Waals surface area contributed by atoms with Crippen molar-refractivity contribution in [2.75, 3.05) is 7.11 Å². The fraction of sp³-hybridized carbons (Fsp3) is 0.556. The maximum atomic E-state index is 6.17. The zero-order valence-electron chi connectivity index (χ0n) is 13.5. The number of benzene rings is 1. The highest BCUT2D eigenvalue weighted by Crippen LogP contribution is 2.38. The van der Waals surface area contributed by atoms with Crippen molar-refractivity contribution in [2.24, 2.45) is 0 Å². The highest BCUT2D eigenvalue weighted by molar-refractivity contribution is 5.88. The van der Waals surface area contributed by atoms with Crippen LogP contribution in [-0.2, 0) is 13.0 Å². The van der Waals surface area contributed by atoms with Crippen molar-refractivity contribution in [3.8, 4) is 5.75 Å². The van der Waals surface area contributed by atoms with Crippen molar-refractivity contribution < 1.29 is 9.15 Å². The van der Waals surface area contributed by atoms with Gasteiger partial charge in [-0.05, 0) is 42.9 Å². The second-order valence-corrected chi connectivity index (χ2v) is 6.28. The molecule has 0 radical (unpaired) electrons. The number of aryl methyl sites for hydroxylation is 1. The third-order valence-electron chi connectivity index (χ3n) is 4.26. The Hall–Kier alpha value is -1.48. The molecule has 1 N–H and O–H groups in total. The van der Waals surface area contributed by atoms with Crippen molar-refractivity contribution in [2.45, 2.75) is 58.5 Å². The number of methoxy groups -OCH3 is 1. The fourth-order valence-electron chi connectivity index (χ4n) is 2.94. The molecule has 3 rings (SSSR count). The third-order valence-corrected chi connectivity index (χ3v) is 4.26. The van der Waals surface area contributed by atoms with E-state index in [1.807, 2.05) is 0 Å². The molecule has 2 aromatic rings. The van der Waals surface area contributed by atoms with Crippen LogP contribution in [0.1, 0.15) is 56.4 Å². The predicted molar refractivity (Wildman–Crippen MR) is 86.1 cm³/mol. The first kappa shape index (κ1) is 14.5. The Balaban J connectivity index is 2.10. The van der Waals surface area contributed by atoms with Crippen LogP contribution in [-0.4, -0.2) is 13.2 Å². The van der Waals surface area contributed by atoms with Crippen molar-refractivity contribution >= 4 is 11.0 Å². The van der Waals surface area contributed by atoms with Gasteiger partial charge in [-0.3, -0.25) is 0 Å². The van der Waals surface area contributed by atoms with Gasteiger partial charge in [-0.2, -0.15) is 0 Å². The van der Waals surface area contributed by atoms with Crippen molar-refractivity contribution in [1.82, 2.24) is 5.32 Å². The minimum atomic E-state index is 0.444. The molecule has 1 aliphatic rings. The summed E-state index contributed by atoms with van der Waals surface area (Å²) in [6.45, 7) is 7.45. The first-order valence-electron chi connectivity index (χ1n) is 7.99. The SMILES string of the molecule is CCc1cc(OC)c2oc(CNC3CC3)c(C(C)C)c2c1. The van der Waals surface area contributed by atoms with Crippen molar-refractivity contribution in [1.29, 1.82) is 0 Å². The normalized spacial score (nSPS) is 15.1. The van der Waals surface area contributed by atoms with Crippen LogP contribution in [0.2, 0.25) is 0 Å². The average molecular weight is 287 g/mol. The summed E-state index contributed by atoms with van der Waals surface area (Å²) in [5.41, 5.74) is 3.52. The lowest BCUT2D eigenvalue weighted by atomic mass is 9.97. The molecule has 1 aromatic heterocycles. The van der Waals surface area contributed by atoms with Crippen LogP contribution in [0.15, 0.2) is 16.5 Å². The molecule has 1 aliphatic carbocycles. The number of fused-ring (bicyclic) bond motifs is 1. The van der Waals surface area contributed by atoms with Gasteiger partial charge in [0.05, 0.1) is 13.7 Å². The molecular weight excluding hydrogens is 262 g/mol. The molecule has 0 unspecified atom stereocenters. The van der Waals surface area contributed by atoms with Crippen molar-refractivity contribution in [3.63, 3.8) is 0 Å². The van der Waals surface area contributed by atoms with Crippen LogP contribution in [0.5, 0.6) is 5.75 Å². The lowest BCUT2D eigenvalue weighted by Crippen LogP contribution is -2.15. The summed E-state index contributed by atoms with van der Waals surface area (Å²) in [5.74, 6) is 2.36. The minimum absolute atomic E-state index is 0.444. The zero-order valence-corrected chi connectivity index (χ0v) is 13.5. The first-order valence-corrected chi connectivity index (χ1v) is 7.99. The molecule has 114 valence electrons. The minimum Gasteiger partial charge on any atom is -0.493 e. The number of rotatable bonds is 6. The van der Waals surface area contributed by atoms with Gasteiger partial charge < -0.3 is 14.5 Å². The lowest BCUT2D eigenvalue weighted by Gasteiger charge is -2.08. The summed E-state index contributed by atoms with van der Waals surface area (Å²) in [6, 6.07) is 5.04. The van der Waals surface area contributed by atoms with Crippen molar-refractivity contribution in [3.05, 3.63) is 29.0 Å². The van der Waals surface area contributed by atoms with Gasteiger partial charge >= 0.3 is 0 Å². The molecule has 0 amide bonds. The Kier molecular flexibility index (Phi) is 3.94. The maximum Gasteiger partial charge on any atom is 0.176 e. The summed E-state index contributed by atoms with van der Waals surface area (Å²) in [7, 11) is 1.72. The van der Waals surface area contributed by atoms with E-state index in [2.05, 4.69) is 38.2 Å². The van der Waals surface area contributed by atoms with Gasteiger partial charge in [0.25, 0.3) is 0 Å². The second-order valence-electron chi connectivity index (χ2n) is 6.28. The molecule has 1 saturated carbocycles. The van der Waals surface area contributed by atoms with E-state index in [0.717, 1.165) is 30.1 Å². The van der Waals surface area contributed by atoms with Gasteiger partial charge in [-0.25, -0.2) is 0 Å². The topological polar surface area (TPSA) is 34.4 Å². The lowest BCUT2D eigenvalue weighted by molar-refractivity contribution is 0.405. The average Bonchev–Trinajstić information content (AvgIpc) is 3.22. The number of hydrogen-bond donors (Lipinski definition) is 1. The number of nitrogens with one attached hydrogen (secondary N) is 1. The van der Waals surface area contributed by atoms with Crippen LogP contribution >= 0.6 is 0 Å². The van der Waals surface area contributed by atoms with Crippen LogP contribution in [0.3, 0.4) is 0 Å². The number of ether oxygens (including phenoxy) is 1. The molecule has 0 spiro atoms. The van der Waals surface area contributed by atoms with Crippen LogP contribution in [0, 0.1) is 0 Å². The van der Waals surface area contributed by atoms with Gasteiger partial charge in [0.2, 0.25) is 0 Å². The number of furan rings is 1. The molecule has 0 saturated heterocycles. The van der Waals surface area contributed by atoms with E-state index in [9.17, 15) is 0 Å². The Morgan fingerprint density at radius 3 is 2.67 bits per heavy atom. The highest BCUT2D eigenvalue weighted by Gasteiger charge is 2.24. The molecule has 1 fully saturated rings. The molecule has 21 heavy (non-hydrogen) atoms. The van der Waals surface area contributed by atoms with Gasteiger partial charge in [-0.1, -0.05) is 20.8 Å². The Morgan fingerprint density at radius 1 is 1.33 bits per heavy atom. The molecule has 3 nitrogen and oxygen atoms in total. The van der Waals surface area contributed by atoms with E-state index in [1.54, 1.807) is 7.11 Å². The van der Waals surface area contributed by atoms with E-state index >= 15 is 0 Å². The van der Waals surface area contributed by atoms with Crippen LogP contribution in [0.25, 0.3) is 11.0 Å². The number of hydrogen-bond acceptors (Lipinski definition) is 3. The summed E-state index contributed by atoms with van der Waals surface area (Å²) in [6.07, 6.45) is 3.59. The molecule has 1 heterocycles. The molecule has 0 atom stereocenters. The summed E-state index contributed by atoms with van der Waals surface area (Å²) in [4.78, 5) is 0. The Bertz CT molecular complexity index is 638. The van der Waals surface area contributed by atoms with Gasteiger partial charge in [-0.15, -0.1) is 0 Å². The van der Waals surface area contributed by atoms with E-state index in [4.69, 9.17) is 9.15 Å². The van der Waals surface area contributed by atoms with E-state index in [1.165, 1.54) is 29.4 Å². The largest absolute Gasteiger partial charge is 0.493 e. The molecule has 1 aromatic carbocycles. The zero-order chi connectivity index (χ0) is 15.0. The smallest absolute Gasteiger partial charge is 0.176 e. The monoisotopic (exact) mass is 287 g/mol. The Labute approximate surface area is 126 Å². The molecule has 0 bridgehead atoms. The molecule has 0 aliphatic heterocycles. The molecule has 3 heteroatoms. The Morgan fingerprint density at radius 2 is 2.10 bits per heavy atom. The quantitative estimate of drug-likeness (QED) is 0.856. The third kappa shape index (κ3) is 2.80. The molecular formula is C18H25NO2. The summed E-state index contributed by atoms with van der Waals surface area (Å²) in [5, 5.41) is 4.78. The van der Waals surface area contributed by atoms with E-state index < -0.39 is 0 Å². The van der Waals surface area contributed by atoms with Crippen LogP contribution in [0.4, 0.5) is 0 Å². The fourth-order valence-corrected chi connectivity index (χ4v) is 2.94. The van der Waals surface area contributed by atoms with E-state index in [0.29, 0.717) is 12.0 Å². The van der Waals surface area contributed by atoms with Gasteiger partial charge in [0.1, 0.15) is 5.76 Å². The predicted octanol–water partition coefficient (Wildman–Crippen LogP) is 4.38. The van der Waals surface area contributed by atoms with Gasteiger partial charge in [0.15, 0.2) is 11.3 Å². The van der Waals surface area contributed by atoms with E-state index in [-0.39, 0.29) is 0 Å². The highest BCUT2D eigenvalue weighted by atomic mass is 16.5. The van der Waals surface area contributed by atoms with Crippen LogP contribution < -0.4 is 10.1 Å². The maximum absolute atomic E-state index is 6.17. The van der Waals surface area contributed by atoms with Gasteiger partial charge in [0, 0.05) is 17.0 Å². The first-order chi connectivity index (χ1) is 10.1. The second kappa shape index (κ2) is 5.72. The standard InChI is InChI=1S/C18H25NO2/c1-5-12-8-14-17(11(2)3)16(10-19-13-6-7-13)21-18(14)15(9-12)20-4/h8-9,11,13,19H,5-7,10H2,1-4H3. The summed E-state index contributed by atoms with van der Waals surface area (Å²) < 4.78 is 11.7.